The third-order valence-electron chi connectivity index (χ3n) is 4.78. The Labute approximate surface area is 171 Å². The van der Waals surface area contributed by atoms with Gasteiger partial charge < -0.3 is 15.8 Å². The third-order valence-corrected chi connectivity index (χ3v) is 5.63. The van der Waals surface area contributed by atoms with Gasteiger partial charge in [-0.2, -0.15) is 0 Å². The van der Waals surface area contributed by atoms with E-state index < -0.39 is 0 Å². The molecule has 1 aromatic heterocycles. The van der Waals surface area contributed by atoms with Gasteiger partial charge in [-0.05, 0) is 42.5 Å². The molecule has 0 radical (unpaired) electrons. The lowest BCUT2D eigenvalue weighted by Gasteiger charge is -2.30. The van der Waals surface area contributed by atoms with Crippen molar-refractivity contribution in [2.24, 2.45) is 0 Å². The first kappa shape index (κ1) is 19.6. The van der Waals surface area contributed by atoms with Gasteiger partial charge in [-0.15, -0.1) is 0 Å². The molecule has 2 aromatic carbocycles. The minimum Gasteiger partial charge on any atom is -0.379 e. The molecule has 1 aliphatic heterocycles. The molecule has 2 amide bonds. The van der Waals surface area contributed by atoms with Gasteiger partial charge in [0.05, 0.1) is 23.4 Å². The molecule has 29 heavy (non-hydrogen) atoms. The molecule has 0 spiro atoms. The van der Waals surface area contributed by atoms with Gasteiger partial charge >= 0.3 is 6.03 Å². The maximum absolute atomic E-state index is 13.2. The molecule has 1 saturated heterocycles. The number of urea groups is 1. The first-order chi connectivity index (χ1) is 14.1. The Morgan fingerprint density at radius 3 is 2.76 bits per heavy atom. The minimum atomic E-state index is -0.347. The van der Waals surface area contributed by atoms with E-state index in [-0.39, 0.29) is 11.8 Å². The van der Waals surface area contributed by atoms with Crippen LogP contribution in [0.1, 0.15) is 0 Å². The Morgan fingerprint density at radius 2 is 2.00 bits per heavy atom. The van der Waals surface area contributed by atoms with Crippen LogP contribution in [0.3, 0.4) is 0 Å². The largest absolute Gasteiger partial charge is 0.379 e. The van der Waals surface area contributed by atoms with Crippen molar-refractivity contribution in [3.63, 3.8) is 0 Å². The first-order valence-corrected chi connectivity index (χ1v) is 10.2. The molecule has 0 bridgehead atoms. The lowest BCUT2D eigenvalue weighted by molar-refractivity contribution is 0.0393. The Hall–Kier alpha value is -2.75. The van der Waals surface area contributed by atoms with Gasteiger partial charge in [-0.25, -0.2) is 14.2 Å². The van der Waals surface area contributed by atoms with E-state index in [4.69, 9.17) is 10.5 Å². The van der Waals surface area contributed by atoms with Crippen LogP contribution in [-0.4, -0.2) is 55.3 Å². The lowest BCUT2D eigenvalue weighted by atomic mass is 10.2. The number of carbonyl (C=O) groups excluding carboxylic acids is 1. The fourth-order valence-electron chi connectivity index (χ4n) is 3.24. The number of benzene rings is 2. The van der Waals surface area contributed by atoms with Crippen molar-refractivity contribution >= 4 is 44.1 Å². The summed E-state index contributed by atoms with van der Waals surface area (Å²) in [5.41, 5.74) is 7.92. The maximum Gasteiger partial charge on any atom is 0.326 e. The molecule has 9 heteroatoms. The zero-order chi connectivity index (χ0) is 20.2. The minimum absolute atomic E-state index is 0.276. The fourth-order valence-corrected chi connectivity index (χ4v) is 4.00. The number of rotatable bonds is 5. The predicted molar refractivity (Wildman–Crippen MR) is 114 cm³/mol. The van der Waals surface area contributed by atoms with E-state index >= 15 is 0 Å². The molecular weight excluding hydrogens is 393 g/mol. The zero-order valence-corrected chi connectivity index (χ0v) is 16.6. The number of morpholine rings is 1. The van der Waals surface area contributed by atoms with Gasteiger partial charge in [-0.3, -0.25) is 9.80 Å². The predicted octanol–water partition coefficient (Wildman–Crippen LogP) is 3.39. The Balaban J connectivity index is 1.56. The van der Waals surface area contributed by atoms with Crippen LogP contribution in [0.15, 0.2) is 42.5 Å². The van der Waals surface area contributed by atoms with E-state index in [0.29, 0.717) is 30.6 Å². The number of amides is 2. The number of carbonyl (C=O) groups is 1. The highest BCUT2D eigenvalue weighted by molar-refractivity contribution is 7.22. The molecule has 4 rings (SSSR count). The summed E-state index contributed by atoms with van der Waals surface area (Å²) in [4.78, 5) is 21.3. The molecule has 2 heterocycles. The van der Waals surface area contributed by atoms with Crippen molar-refractivity contribution in [3.05, 3.63) is 48.3 Å². The summed E-state index contributed by atoms with van der Waals surface area (Å²) in [7, 11) is 0. The zero-order valence-electron chi connectivity index (χ0n) is 15.8. The normalized spacial score (nSPS) is 14.8. The third kappa shape index (κ3) is 4.81. The highest BCUT2D eigenvalue weighted by Gasteiger charge is 2.19. The second-order valence-corrected chi connectivity index (χ2v) is 7.81. The van der Waals surface area contributed by atoms with E-state index in [1.54, 1.807) is 17.0 Å². The van der Waals surface area contributed by atoms with Crippen molar-refractivity contribution < 1.29 is 13.9 Å². The number of hydrogen-bond donors (Lipinski definition) is 2. The van der Waals surface area contributed by atoms with Crippen LogP contribution < -0.4 is 16.0 Å². The number of ether oxygens (including phenoxy) is 1. The quantitative estimate of drug-likeness (QED) is 0.667. The van der Waals surface area contributed by atoms with E-state index in [0.717, 1.165) is 35.5 Å². The molecule has 152 valence electrons. The van der Waals surface area contributed by atoms with Crippen molar-refractivity contribution in [2.75, 3.05) is 55.3 Å². The van der Waals surface area contributed by atoms with Crippen LogP contribution in [0, 0.1) is 5.82 Å². The molecule has 0 saturated carbocycles. The Bertz CT molecular complexity index is 988. The number of nitrogens with two attached hydrogens (primary N) is 1. The SMILES string of the molecule is Nc1nc2ccc(N(CCN3CCOCC3)C(=O)Nc3ccc(F)cc3)cc2s1. The average Bonchev–Trinajstić information content (AvgIpc) is 3.10. The van der Waals surface area contributed by atoms with Crippen molar-refractivity contribution in [2.45, 2.75) is 0 Å². The summed E-state index contributed by atoms with van der Waals surface area (Å²) in [5, 5.41) is 3.34. The maximum atomic E-state index is 13.2. The summed E-state index contributed by atoms with van der Waals surface area (Å²) in [5.74, 6) is -0.347. The number of aromatic nitrogens is 1. The monoisotopic (exact) mass is 415 g/mol. The standard InChI is InChI=1S/C20H22FN5O2S/c21-14-1-3-15(4-2-14)23-20(27)26(8-7-25-9-11-28-12-10-25)16-5-6-17-18(13-16)29-19(22)24-17/h1-6,13H,7-12H2,(H2,22,24)(H,23,27). The first-order valence-electron chi connectivity index (χ1n) is 9.39. The molecule has 3 aromatic rings. The molecule has 0 unspecified atom stereocenters. The van der Waals surface area contributed by atoms with E-state index in [9.17, 15) is 9.18 Å². The number of hydrogen-bond acceptors (Lipinski definition) is 6. The van der Waals surface area contributed by atoms with E-state index in [2.05, 4.69) is 15.2 Å². The molecule has 7 nitrogen and oxygen atoms in total. The van der Waals surface area contributed by atoms with Crippen LogP contribution in [-0.2, 0) is 4.74 Å². The summed E-state index contributed by atoms with van der Waals surface area (Å²) in [6, 6.07) is 11.1. The number of nitrogen functional groups attached to an aromatic ring is 1. The summed E-state index contributed by atoms with van der Waals surface area (Å²) in [6.07, 6.45) is 0. The lowest BCUT2D eigenvalue weighted by Crippen LogP contribution is -2.44. The van der Waals surface area contributed by atoms with E-state index in [1.165, 1.54) is 23.5 Å². The average molecular weight is 415 g/mol. The van der Waals surface area contributed by atoms with Gasteiger partial charge in [0.1, 0.15) is 5.82 Å². The van der Waals surface area contributed by atoms with Crippen LogP contribution in [0.25, 0.3) is 10.2 Å². The number of thiazole rings is 1. The molecule has 1 aliphatic rings. The van der Waals surface area contributed by atoms with Gasteiger partial charge in [0, 0.05) is 37.6 Å². The molecule has 0 atom stereocenters. The second kappa shape index (κ2) is 8.73. The van der Waals surface area contributed by atoms with Crippen molar-refractivity contribution in [1.82, 2.24) is 9.88 Å². The highest BCUT2D eigenvalue weighted by Crippen LogP contribution is 2.28. The second-order valence-electron chi connectivity index (χ2n) is 6.75. The summed E-state index contributed by atoms with van der Waals surface area (Å²) >= 11 is 1.39. The van der Waals surface area contributed by atoms with Gasteiger partial charge in [0.15, 0.2) is 5.13 Å². The number of halogens is 1. The summed E-state index contributed by atoms with van der Waals surface area (Å²) < 4.78 is 19.5. The van der Waals surface area contributed by atoms with Crippen LogP contribution >= 0.6 is 11.3 Å². The van der Waals surface area contributed by atoms with Gasteiger partial charge in [0.2, 0.25) is 0 Å². The number of nitrogens with zero attached hydrogens (tertiary/aromatic N) is 3. The number of fused-ring (bicyclic) bond motifs is 1. The van der Waals surface area contributed by atoms with Crippen LogP contribution in [0.5, 0.6) is 0 Å². The highest BCUT2D eigenvalue weighted by atomic mass is 32.1. The van der Waals surface area contributed by atoms with Gasteiger partial charge in [-0.1, -0.05) is 11.3 Å². The number of nitrogens with one attached hydrogen (secondary N) is 1. The smallest absolute Gasteiger partial charge is 0.326 e. The molecule has 1 fully saturated rings. The Kier molecular flexibility index (Phi) is 5.89. The summed E-state index contributed by atoms with van der Waals surface area (Å²) in [6.45, 7) is 4.33. The molecular formula is C20H22FN5O2S. The topological polar surface area (TPSA) is 83.7 Å². The van der Waals surface area contributed by atoms with E-state index in [1.807, 2.05) is 18.2 Å². The fraction of sp³-hybridized carbons (Fsp3) is 0.300. The van der Waals surface area contributed by atoms with Crippen LogP contribution in [0.2, 0.25) is 0 Å². The number of anilines is 3. The molecule has 3 N–H and O–H groups in total. The van der Waals surface area contributed by atoms with Crippen molar-refractivity contribution in [3.8, 4) is 0 Å². The van der Waals surface area contributed by atoms with Crippen LogP contribution in [0.4, 0.5) is 25.7 Å². The Morgan fingerprint density at radius 1 is 1.24 bits per heavy atom. The van der Waals surface area contributed by atoms with Crippen molar-refractivity contribution in [1.29, 1.82) is 0 Å². The van der Waals surface area contributed by atoms with Gasteiger partial charge in [0.25, 0.3) is 0 Å². The molecule has 0 aliphatic carbocycles.